The van der Waals surface area contributed by atoms with Crippen LogP contribution in [0.2, 0.25) is 0 Å². The second-order valence-electron chi connectivity index (χ2n) is 5.41. The molecule has 1 aromatic heterocycles. The zero-order valence-electron chi connectivity index (χ0n) is 15.1. The van der Waals surface area contributed by atoms with Gasteiger partial charge in [-0.1, -0.05) is 26.0 Å². The molecule has 0 aliphatic heterocycles. The van der Waals surface area contributed by atoms with E-state index in [1.807, 2.05) is 26.0 Å². The van der Waals surface area contributed by atoms with Crippen molar-refractivity contribution in [3.8, 4) is 11.1 Å². The summed E-state index contributed by atoms with van der Waals surface area (Å²) in [6, 6.07) is 15.7. The molecule has 2 aromatic carbocycles. The summed E-state index contributed by atoms with van der Waals surface area (Å²) in [7, 11) is 0. The first-order chi connectivity index (χ1) is 12.5. The number of Topliss-reactive ketones (excluding diaryl/α,β-unsaturated/α-hetero) is 1. The van der Waals surface area contributed by atoms with Crippen LogP contribution in [0.1, 0.15) is 41.7 Å². The number of hydrogen-bond donors (Lipinski definition) is 2. The number of nitrogens with two attached hydrogens (primary N) is 1. The first-order valence-corrected chi connectivity index (χ1v) is 8.40. The largest absolute Gasteiger partial charge is 0.461 e. The van der Waals surface area contributed by atoms with Crippen molar-refractivity contribution in [1.29, 1.82) is 0 Å². The molecule has 0 unspecified atom stereocenters. The molecule has 0 spiro atoms. The number of anilines is 2. The molecule has 0 saturated heterocycles. The summed E-state index contributed by atoms with van der Waals surface area (Å²) in [4.78, 5) is 23.4. The van der Waals surface area contributed by atoms with Gasteiger partial charge in [0.05, 0.1) is 6.26 Å². The summed E-state index contributed by atoms with van der Waals surface area (Å²) in [5.74, 6) is 0.00397. The normalized spacial score (nSPS) is 9.81. The highest BCUT2D eigenvalue weighted by Crippen LogP contribution is 2.24. The Morgan fingerprint density at radius 1 is 0.923 bits per heavy atom. The quantitative estimate of drug-likeness (QED) is 0.511. The molecule has 1 heterocycles. The van der Waals surface area contributed by atoms with Gasteiger partial charge in [-0.3, -0.25) is 9.59 Å². The van der Waals surface area contributed by atoms with E-state index >= 15 is 0 Å². The summed E-state index contributed by atoms with van der Waals surface area (Å²) < 4.78 is 5.21. The SMILES string of the molecule is CC.CC(=O)c1cc(-c2ccc(NC(=O)c3ccc(N)cc3)cc2)co1. The number of hydrogen-bond acceptors (Lipinski definition) is 4. The molecule has 5 heteroatoms. The number of furan rings is 1. The van der Waals surface area contributed by atoms with E-state index in [2.05, 4.69) is 5.32 Å². The Hall–Kier alpha value is -3.34. The minimum Gasteiger partial charge on any atom is -0.461 e. The molecule has 0 bridgehead atoms. The minimum absolute atomic E-state index is 0.117. The number of carbonyl (C=O) groups is 2. The van der Waals surface area contributed by atoms with Crippen LogP contribution >= 0.6 is 0 Å². The number of rotatable bonds is 4. The van der Waals surface area contributed by atoms with Gasteiger partial charge in [0.15, 0.2) is 11.5 Å². The number of carbonyl (C=O) groups excluding carboxylic acids is 2. The van der Waals surface area contributed by atoms with Crippen LogP contribution < -0.4 is 11.1 Å². The number of benzene rings is 2. The average Bonchev–Trinajstić information content (AvgIpc) is 3.15. The van der Waals surface area contributed by atoms with Gasteiger partial charge >= 0.3 is 0 Å². The molecule has 0 saturated carbocycles. The van der Waals surface area contributed by atoms with Crippen molar-refractivity contribution in [2.45, 2.75) is 20.8 Å². The third kappa shape index (κ3) is 4.60. The molecule has 0 radical (unpaired) electrons. The van der Waals surface area contributed by atoms with E-state index in [0.29, 0.717) is 22.7 Å². The van der Waals surface area contributed by atoms with Crippen molar-refractivity contribution in [1.82, 2.24) is 0 Å². The van der Waals surface area contributed by atoms with Crippen molar-refractivity contribution >= 4 is 23.1 Å². The third-order valence-corrected chi connectivity index (χ3v) is 3.60. The van der Waals surface area contributed by atoms with Crippen LogP contribution in [0.15, 0.2) is 65.3 Å². The first-order valence-electron chi connectivity index (χ1n) is 8.40. The summed E-state index contributed by atoms with van der Waals surface area (Å²) in [5, 5.41) is 2.82. The lowest BCUT2D eigenvalue weighted by Gasteiger charge is -2.06. The number of ketones is 1. The van der Waals surface area contributed by atoms with E-state index < -0.39 is 0 Å². The lowest BCUT2D eigenvalue weighted by atomic mass is 10.1. The molecule has 0 fully saturated rings. The monoisotopic (exact) mass is 350 g/mol. The molecule has 134 valence electrons. The lowest BCUT2D eigenvalue weighted by Crippen LogP contribution is -2.11. The van der Waals surface area contributed by atoms with Crippen LogP contribution in [0.5, 0.6) is 0 Å². The van der Waals surface area contributed by atoms with Gasteiger partial charge in [-0.05, 0) is 48.0 Å². The highest BCUT2D eigenvalue weighted by molar-refractivity contribution is 6.04. The molecule has 0 aliphatic rings. The first kappa shape index (κ1) is 19.0. The van der Waals surface area contributed by atoms with E-state index in [-0.39, 0.29) is 11.7 Å². The van der Waals surface area contributed by atoms with Crippen LogP contribution in [0, 0.1) is 0 Å². The van der Waals surface area contributed by atoms with Gasteiger partial charge in [-0.2, -0.15) is 0 Å². The molecule has 26 heavy (non-hydrogen) atoms. The van der Waals surface area contributed by atoms with Crippen LogP contribution in [0.4, 0.5) is 11.4 Å². The molecule has 3 aromatic rings. The summed E-state index contributed by atoms with van der Waals surface area (Å²) in [6.07, 6.45) is 1.54. The van der Waals surface area contributed by atoms with Crippen molar-refractivity contribution < 1.29 is 14.0 Å². The Kier molecular flexibility index (Phi) is 6.33. The molecule has 0 atom stereocenters. The highest BCUT2D eigenvalue weighted by atomic mass is 16.3. The Morgan fingerprint density at radius 2 is 1.54 bits per heavy atom. The molecule has 1 amide bonds. The summed E-state index contributed by atoms with van der Waals surface area (Å²) in [5.41, 5.74) is 9.15. The standard InChI is InChI=1S/C19H16N2O3.C2H6/c1-12(22)18-10-15(11-24-18)13-4-8-17(9-5-13)21-19(23)14-2-6-16(20)7-3-14;1-2/h2-11H,20H2,1H3,(H,21,23);1-2H3. The smallest absolute Gasteiger partial charge is 0.255 e. The molecule has 3 rings (SSSR count). The zero-order valence-corrected chi connectivity index (χ0v) is 15.1. The molecule has 0 aliphatic carbocycles. The van der Waals surface area contributed by atoms with E-state index in [1.165, 1.54) is 6.92 Å². The fourth-order valence-electron chi connectivity index (χ4n) is 2.26. The predicted molar refractivity (Wildman–Crippen MR) is 104 cm³/mol. The van der Waals surface area contributed by atoms with Gasteiger partial charge < -0.3 is 15.5 Å². The maximum Gasteiger partial charge on any atom is 0.255 e. The van der Waals surface area contributed by atoms with Crippen LogP contribution in [-0.2, 0) is 0 Å². The Balaban J connectivity index is 0.00000117. The van der Waals surface area contributed by atoms with Crippen LogP contribution in [0.3, 0.4) is 0 Å². The predicted octanol–water partition coefficient (Wildman–Crippen LogP) is 5.01. The average molecular weight is 350 g/mol. The zero-order chi connectivity index (χ0) is 19.1. The second kappa shape index (κ2) is 8.67. The van der Waals surface area contributed by atoms with E-state index in [9.17, 15) is 9.59 Å². The lowest BCUT2D eigenvalue weighted by molar-refractivity contribution is 0.0985. The molecular formula is C21H22N2O3. The van der Waals surface area contributed by atoms with Crippen molar-refractivity contribution in [3.63, 3.8) is 0 Å². The van der Waals surface area contributed by atoms with Crippen LogP contribution in [-0.4, -0.2) is 11.7 Å². The molecule has 3 N–H and O–H groups in total. The Labute approximate surface area is 152 Å². The fraction of sp³-hybridized carbons (Fsp3) is 0.143. The Morgan fingerprint density at radius 3 is 2.08 bits per heavy atom. The Bertz CT molecular complexity index is 878. The number of nitrogen functional groups attached to an aromatic ring is 1. The van der Waals surface area contributed by atoms with E-state index in [0.717, 1.165) is 11.1 Å². The highest BCUT2D eigenvalue weighted by Gasteiger charge is 2.09. The fourth-order valence-corrected chi connectivity index (χ4v) is 2.26. The summed E-state index contributed by atoms with van der Waals surface area (Å²) >= 11 is 0. The molecule has 5 nitrogen and oxygen atoms in total. The third-order valence-electron chi connectivity index (χ3n) is 3.60. The van der Waals surface area contributed by atoms with Crippen molar-refractivity contribution in [3.05, 3.63) is 72.2 Å². The van der Waals surface area contributed by atoms with Gasteiger partial charge in [-0.25, -0.2) is 0 Å². The maximum atomic E-state index is 12.2. The topological polar surface area (TPSA) is 85.3 Å². The van der Waals surface area contributed by atoms with Gasteiger partial charge in [-0.15, -0.1) is 0 Å². The van der Waals surface area contributed by atoms with Gasteiger partial charge in [0.1, 0.15) is 0 Å². The second-order valence-corrected chi connectivity index (χ2v) is 5.41. The van der Waals surface area contributed by atoms with Gasteiger partial charge in [0.2, 0.25) is 0 Å². The number of amides is 1. The van der Waals surface area contributed by atoms with Crippen molar-refractivity contribution in [2.24, 2.45) is 0 Å². The van der Waals surface area contributed by atoms with Crippen LogP contribution in [0.25, 0.3) is 11.1 Å². The van der Waals surface area contributed by atoms with E-state index in [1.54, 1.807) is 48.7 Å². The van der Waals surface area contributed by atoms with Gasteiger partial charge in [0, 0.05) is 29.4 Å². The molecular weight excluding hydrogens is 328 g/mol. The van der Waals surface area contributed by atoms with Gasteiger partial charge in [0.25, 0.3) is 5.91 Å². The van der Waals surface area contributed by atoms with Crippen molar-refractivity contribution in [2.75, 3.05) is 11.1 Å². The van der Waals surface area contributed by atoms with E-state index in [4.69, 9.17) is 10.2 Å². The maximum absolute atomic E-state index is 12.2. The summed E-state index contributed by atoms with van der Waals surface area (Å²) in [6.45, 7) is 5.46. The number of nitrogens with one attached hydrogen (secondary N) is 1. The minimum atomic E-state index is -0.204.